The number of carbonyl (C=O) groups excluding carboxylic acids is 3. The molecule has 9 nitrogen and oxygen atoms in total. The van der Waals surface area contributed by atoms with Gasteiger partial charge in [-0.15, -0.1) is 0 Å². The second kappa shape index (κ2) is 13.3. The third kappa shape index (κ3) is 8.75. The van der Waals surface area contributed by atoms with Gasteiger partial charge in [-0.3, -0.25) is 14.4 Å². The van der Waals surface area contributed by atoms with Crippen LogP contribution in [0, 0.1) is 0 Å². The Morgan fingerprint density at radius 3 is 2.41 bits per heavy atom. The highest BCUT2D eigenvalue weighted by Crippen LogP contribution is 2.34. The number of hydrazone groups is 1. The lowest BCUT2D eigenvalue weighted by molar-refractivity contribution is -0.137. The maximum absolute atomic E-state index is 13.1. The summed E-state index contributed by atoms with van der Waals surface area (Å²) in [6, 6.07) is 15.3. The zero-order chi connectivity index (χ0) is 28.4. The molecule has 0 aliphatic heterocycles. The molecule has 39 heavy (non-hydrogen) atoms. The van der Waals surface area contributed by atoms with Gasteiger partial charge < -0.3 is 20.1 Å². The van der Waals surface area contributed by atoms with Crippen molar-refractivity contribution in [2.45, 2.75) is 13.1 Å². The fourth-order valence-electron chi connectivity index (χ4n) is 3.13. The summed E-state index contributed by atoms with van der Waals surface area (Å²) in [5.41, 5.74) is 1.50. The van der Waals surface area contributed by atoms with Crippen LogP contribution in [0.25, 0.3) is 0 Å². The van der Waals surface area contributed by atoms with E-state index >= 15 is 0 Å². The Morgan fingerprint density at radius 2 is 1.69 bits per heavy atom. The summed E-state index contributed by atoms with van der Waals surface area (Å²) in [5.74, 6) is -2.41. The number of halogens is 4. The molecular weight excluding hydrogens is 541 g/mol. The molecule has 0 aromatic heterocycles. The van der Waals surface area contributed by atoms with Crippen LogP contribution in [-0.4, -0.2) is 37.1 Å². The van der Waals surface area contributed by atoms with E-state index in [-0.39, 0.29) is 18.1 Å². The van der Waals surface area contributed by atoms with Gasteiger partial charge in [0.25, 0.3) is 5.91 Å². The van der Waals surface area contributed by atoms with Gasteiger partial charge in [0.1, 0.15) is 0 Å². The van der Waals surface area contributed by atoms with Crippen LogP contribution in [0.1, 0.15) is 18.1 Å². The second-order valence-electron chi connectivity index (χ2n) is 7.68. The average Bonchev–Trinajstić information content (AvgIpc) is 2.88. The van der Waals surface area contributed by atoms with E-state index in [0.717, 1.165) is 12.1 Å². The predicted molar refractivity (Wildman–Crippen MR) is 139 cm³/mol. The van der Waals surface area contributed by atoms with Crippen LogP contribution in [0.15, 0.2) is 71.8 Å². The number of hydrogen-bond donors (Lipinski definition) is 3. The van der Waals surface area contributed by atoms with Crippen molar-refractivity contribution in [3.05, 3.63) is 82.9 Å². The van der Waals surface area contributed by atoms with Crippen molar-refractivity contribution in [3.8, 4) is 11.5 Å². The number of hydrogen-bond acceptors (Lipinski definition) is 6. The Bertz CT molecular complexity index is 1380. The summed E-state index contributed by atoms with van der Waals surface area (Å²) in [7, 11) is 0. The van der Waals surface area contributed by atoms with Crippen molar-refractivity contribution in [1.82, 2.24) is 5.43 Å². The van der Waals surface area contributed by atoms with E-state index in [1.165, 1.54) is 42.6 Å². The van der Waals surface area contributed by atoms with Crippen LogP contribution in [0.4, 0.5) is 24.5 Å². The molecule has 0 saturated heterocycles. The summed E-state index contributed by atoms with van der Waals surface area (Å²) in [6.45, 7) is 1.37. The summed E-state index contributed by atoms with van der Waals surface area (Å²) in [6.07, 6.45) is -3.39. The summed E-state index contributed by atoms with van der Waals surface area (Å²) < 4.78 is 50.4. The monoisotopic (exact) mass is 562 g/mol. The molecule has 0 atom stereocenters. The molecule has 0 unspecified atom stereocenters. The van der Waals surface area contributed by atoms with Crippen molar-refractivity contribution in [2.75, 3.05) is 23.8 Å². The first-order valence-corrected chi connectivity index (χ1v) is 11.7. The number of anilines is 2. The van der Waals surface area contributed by atoms with Crippen molar-refractivity contribution in [3.63, 3.8) is 0 Å². The minimum Gasteiger partial charge on any atom is -0.490 e. The Kier molecular flexibility index (Phi) is 9.87. The molecule has 0 radical (unpaired) electrons. The number of carbonyl (C=O) groups is 3. The first-order valence-electron chi connectivity index (χ1n) is 11.3. The first kappa shape index (κ1) is 29.0. The molecule has 13 heteroatoms. The number of ether oxygens (including phenoxy) is 2. The number of alkyl halides is 3. The minimum atomic E-state index is -4.64. The number of nitrogens with one attached hydrogen (secondary N) is 3. The van der Waals surface area contributed by atoms with Gasteiger partial charge in [0.05, 0.1) is 24.1 Å². The highest BCUT2D eigenvalue weighted by atomic mass is 35.5. The molecule has 3 rings (SSSR count). The lowest BCUT2D eigenvalue weighted by Gasteiger charge is -2.15. The summed E-state index contributed by atoms with van der Waals surface area (Å²) in [5, 5.41) is 8.69. The van der Waals surface area contributed by atoms with Gasteiger partial charge >= 0.3 is 18.0 Å². The molecule has 3 N–H and O–H groups in total. The van der Waals surface area contributed by atoms with Crippen molar-refractivity contribution in [1.29, 1.82) is 0 Å². The minimum absolute atomic E-state index is 0.151. The zero-order valence-electron chi connectivity index (χ0n) is 20.3. The molecule has 0 heterocycles. The lowest BCUT2D eigenvalue weighted by atomic mass is 10.1. The molecule has 0 fully saturated rings. The molecule has 3 aromatic rings. The Hall–Kier alpha value is -4.58. The van der Waals surface area contributed by atoms with Crippen LogP contribution in [0.2, 0.25) is 5.02 Å². The van der Waals surface area contributed by atoms with Gasteiger partial charge in [-0.05, 0) is 61.0 Å². The summed E-state index contributed by atoms with van der Waals surface area (Å²) >= 11 is 5.84. The van der Waals surface area contributed by atoms with E-state index in [1.54, 1.807) is 25.1 Å². The van der Waals surface area contributed by atoms with E-state index in [2.05, 4.69) is 21.2 Å². The molecule has 0 saturated carbocycles. The van der Waals surface area contributed by atoms with Gasteiger partial charge in [0.15, 0.2) is 18.1 Å². The molecular formula is C26H22ClF3N4O5. The molecule has 0 aliphatic rings. The highest BCUT2D eigenvalue weighted by Gasteiger charge is 2.33. The number of para-hydroxylation sites is 1. The summed E-state index contributed by atoms with van der Waals surface area (Å²) in [4.78, 5) is 36.2. The molecule has 3 amide bonds. The maximum Gasteiger partial charge on any atom is 0.418 e. The quantitative estimate of drug-likeness (QED) is 0.195. The number of nitrogens with zero attached hydrogens (tertiary/aromatic N) is 1. The van der Waals surface area contributed by atoms with Crippen LogP contribution >= 0.6 is 11.6 Å². The van der Waals surface area contributed by atoms with Crippen LogP contribution in [0.5, 0.6) is 11.5 Å². The van der Waals surface area contributed by atoms with Gasteiger partial charge in [-0.25, -0.2) is 5.43 Å². The lowest BCUT2D eigenvalue weighted by Crippen LogP contribution is -2.32. The van der Waals surface area contributed by atoms with E-state index in [9.17, 15) is 27.6 Å². The van der Waals surface area contributed by atoms with E-state index in [4.69, 9.17) is 21.1 Å². The molecule has 0 bridgehead atoms. The van der Waals surface area contributed by atoms with E-state index < -0.39 is 41.8 Å². The van der Waals surface area contributed by atoms with Crippen molar-refractivity contribution >= 4 is 46.9 Å². The topological polar surface area (TPSA) is 118 Å². The first-order chi connectivity index (χ1) is 18.6. The van der Waals surface area contributed by atoms with Crippen LogP contribution in [0.3, 0.4) is 0 Å². The average molecular weight is 563 g/mol. The Balaban J connectivity index is 1.59. The third-order valence-corrected chi connectivity index (χ3v) is 5.04. The van der Waals surface area contributed by atoms with Gasteiger partial charge in [0.2, 0.25) is 0 Å². The van der Waals surface area contributed by atoms with Crippen LogP contribution < -0.4 is 25.5 Å². The van der Waals surface area contributed by atoms with Gasteiger partial charge in [-0.1, -0.05) is 29.8 Å². The van der Waals surface area contributed by atoms with Crippen molar-refractivity contribution < 1.29 is 37.0 Å². The van der Waals surface area contributed by atoms with Gasteiger partial charge in [-0.2, -0.15) is 18.3 Å². The standard InChI is InChI=1S/C26H22ClF3N4O5/c1-2-38-22-12-16(14-31-34-25(37)24(36)32-18-7-5-6-17(27)13-18)10-11-21(22)39-15-23(35)33-20-9-4-3-8-19(20)26(28,29)30/h3-14H,2,15H2,1H3,(H,32,36)(H,33,35)(H,34,37)/b31-14-. The SMILES string of the molecule is CCOc1cc(/C=N\NC(=O)C(=O)Nc2cccc(Cl)c2)ccc1OCC(=O)Nc1ccccc1C(F)(F)F. The normalized spacial score (nSPS) is 11.1. The molecule has 0 spiro atoms. The third-order valence-electron chi connectivity index (χ3n) is 4.80. The smallest absolute Gasteiger partial charge is 0.418 e. The second-order valence-corrected chi connectivity index (χ2v) is 8.12. The van der Waals surface area contributed by atoms with Crippen LogP contribution in [-0.2, 0) is 20.6 Å². The largest absolute Gasteiger partial charge is 0.490 e. The number of rotatable bonds is 9. The zero-order valence-corrected chi connectivity index (χ0v) is 21.1. The fraction of sp³-hybridized carbons (Fsp3) is 0.154. The highest BCUT2D eigenvalue weighted by molar-refractivity contribution is 6.39. The maximum atomic E-state index is 13.1. The molecule has 204 valence electrons. The Labute approximate surface area is 225 Å². The van der Waals surface area contributed by atoms with E-state index in [1.807, 2.05) is 0 Å². The Morgan fingerprint density at radius 1 is 0.923 bits per heavy atom. The number of amides is 3. The van der Waals surface area contributed by atoms with E-state index in [0.29, 0.717) is 16.3 Å². The van der Waals surface area contributed by atoms with Gasteiger partial charge in [0, 0.05) is 10.7 Å². The number of benzene rings is 3. The predicted octanol–water partition coefficient (Wildman–Crippen LogP) is 4.86. The molecule has 3 aromatic carbocycles. The molecule has 0 aliphatic carbocycles. The fourth-order valence-corrected chi connectivity index (χ4v) is 3.32. The van der Waals surface area contributed by atoms with Crippen molar-refractivity contribution in [2.24, 2.45) is 5.10 Å².